The van der Waals surface area contributed by atoms with Crippen LogP contribution in [0.3, 0.4) is 0 Å². The molecule has 2 rings (SSSR count). The van der Waals surface area contributed by atoms with Crippen LogP contribution in [0.15, 0.2) is 60.7 Å². The minimum absolute atomic E-state index is 0.256. The summed E-state index contributed by atoms with van der Waals surface area (Å²) in [6, 6.07) is 17.2. The molecule has 2 aromatic rings. The fourth-order valence-corrected chi connectivity index (χ4v) is 1.57. The van der Waals surface area contributed by atoms with E-state index >= 15 is 0 Å². The van der Waals surface area contributed by atoms with Gasteiger partial charge in [-0.05, 0) is 24.6 Å². The Morgan fingerprint density at radius 2 is 1.50 bits per heavy atom. The molecule has 0 heterocycles. The summed E-state index contributed by atoms with van der Waals surface area (Å²) in [5.41, 5.74) is 1.01. The van der Waals surface area contributed by atoms with Crippen molar-refractivity contribution in [2.45, 2.75) is 13.0 Å². The van der Waals surface area contributed by atoms with Crippen LogP contribution < -0.4 is 0 Å². The van der Waals surface area contributed by atoms with E-state index < -0.39 is 12.1 Å². The van der Waals surface area contributed by atoms with Gasteiger partial charge in [0.25, 0.3) is 0 Å². The molecule has 2 N–H and O–H groups in total. The number of carbonyl (C=O) groups is 2. The minimum atomic E-state index is -1.41. The van der Waals surface area contributed by atoms with Gasteiger partial charge >= 0.3 is 11.9 Å². The van der Waals surface area contributed by atoms with Crippen molar-refractivity contribution in [2.24, 2.45) is 0 Å². The quantitative estimate of drug-likeness (QED) is 0.848. The molecular weight excluding hydrogens is 284 g/mol. The van der Waals surface area contributed by atoms with Crippen LogP contribution in [0, 0.1) is 0 Å². The molecule has 0 radical (unpaired) electrons. The van der Waals surface area contributed by atoms with Crippen molar-refractivity contribution in [1.82, 2.24) is 0 Å². The lowest BCUT2D eigenvalue weighted by molar-refractivity contribution is -0.146. The van der Waals surface area contributed by atoms with Crippen molar-refractivity contribution >= 4 is 11.9 Å². The van der Waals surface area contributed by atoms with Gasteiger partial charge in [-0.15, -0.1) is 0 Å². The normalized spacial score (nSPS) is 10.8. The highest BCUT2D eigenvalue weighted by Gasteiger charge is 2.14. The van der Waals surface area contributed by atoms with Crippen molar-refractivity contribution in [3.8, 4) is 0 Å². The fraction of sp³-hybridized carbons (Fsp3) is 0.176. The molecule has 1 unspecified atom stereocenters. The van der Waals surface area contributed by atoms with Gasteiger partial charge in [0.05, 0.1) is 12.2 Å². The van der Waals surface area contributed by atoms with Gasteiger partial charge in [0, 0.05) is 0 Å². The van der Waals surface area contributed by atoms with Crippen LogP contribution in [0.2, 0.25) is 0 Å². The Balaban J connectivity index is 0.000000220. The third-order valence-corrected chi connectivity index (χ3v) is 2.63. The Labute approximate surface area is 128 Å². The number of esters is 1. The number of aliphatic hydroxyl groups is 1. The third-order valence-electron chi connectivity index (χ3n) is 2.63. The van der Waals surface area contributed by atoms with Gasteiger partial charge in [0.15, 0.2) is 6.10 Å². The van der Waals surface area contributed by atoms with Crippen molar-refractivity contribution in [1.29, 1.82) is 0 Å². The number of benzene rings is 2. The number of hydrogen-bond acceptors (Lipinski definition) is 4. The second kappa shape index (κ2) is 9.31. The molecule has 2 aromatic carbocycles. The highest BCUT2D eigenvalue weighted by molar-refractivity contribution is 5.89. The standard InChI is InChI=1S/C9H10O2.C8H8O3/c1-2-11-9(10)8-6-4-3-5-7-8;9-7(8(10)11)6-4-2-1-3-5-6/h3-7H,2H2,1H3;1-5,7,9H,(H,10,11). The van der Waals surface area contributed by atoms with Gasteiger partial charge in [-0.25, -0.2) is 9.59 Å². The Kier molecular flexibility index (Phi) is 7.36. The summed E-state index contributed by atoms with van der Waals surface area (Å²) in [7, 11) is 0. The van der Waals surface area contributed by atoms with Crippen LogP contribution in [-0.4, -0.2) is 28.8 Å². The molecule has 5 heteroatoms. The lowest BCUT2D eigenvalue weighted by atomic mass is 10.1. The largest absolute Gasteiger partial charge is 0.479 e. The number of carboxylic acid groups (broad SMARTS) is 1. The zero-order valence-corrected chi connectivity index (χ0v) is 12.2. The zero-order valence-electron chi connectivity index (χ0n) is 12.2. The molecule has 0 bridgehead atoms. The molecule has 0 amide bonds. The summed E-state index contributed by atoms with van der Waals surface area (Å²) in [5, 5.41) is 17.4. The second-order valence-corrected chi connectivity index (χ2v) is 4.24. The van der Waals surface area contributed by atoms with E-state index in [0.29, 0.717) is 17.7 Å². The van der Waals surface area contributed by atoms with Gasteiger partial charge < -0.3 is 14.9 Å². The first-order chi connectivity index (χ1) is 10.6. The van der Waals surface area contributed by atoms with Crippen molar-refractivity contribution in [3.05, 3.63) is 71.8 Å². The Bertz CT molecular complexity index is 581. The first-order valence-electron chi connectivity index (χ1n) is 6.74. The number of aliphatic carboxylic acids is 1. The van der Waals surface area contributed by atoms with Crippen molar-refractivity contribution in [3.63, 3.8) is 0 Å². The fourth-order valence-electron chi connectivity index (χ4n) is 1.57. The van der Waals surface area contributed by atoms with Gasteiger partial charge in [-0.3, -0.25) is 0 Å². The molecule has 116 valence electrons. The number of rotatable bonds is 4. The first-order valence-corrected chi connectivity index (χ1v) is 6.74. The molecule has 0 aromatic heterocycles. The maximum atomic E-state index is 11.0. The van der Waals surface area contributed by atoms with E-state index in [2.05, 4.69) is 0 Å². The number of carboxylic acids is 1. The highest BCUT2D eigenvalue weighted by Crippen LogP contribution is 2.10. The highest BCUT2D eigenvalue weighted by atomic mass is 16.5. The van der Waals surface area contributed by atoms with E-state index in [1.54, 1.807) is 49.4 Å². The molecular formula is C17H18O5. The van der Waals surface area contributed by atoms with Crippen LogP contribution in [-0.2, 0) is 9.53 Å². The predicted molar refractivity (Wildman–Crippen MR) is 81.4 cm³/mol. The summed E-state index contributed by atoms with van der Waals surface area (Å²) >= 11 is 0. The van der Waals surface area contributed by atoms with E-state index in [-0.39, 0.29) is 5.97 Å². The van der Waals surface area contributed by atoms with E-state index in [4.69, 9.17) is 14.9 Å². The van der Waals surface area contributed by atoms with E-state index in [0.717, 1.165) is 0 Å². The first kappa shape index (κ1) is 17.4. The molecule has 0 aliphatic heterocycles. The monoisotopic (exact) mass is 302 g/mol. The van der Waals surface area contributed by atoms with E-state index in [1.807, 2.05) is 18.2 Å². The van der Waals surface area contributed by atoms with Gasteiger partial charge in [-0.1, -0.05) is 48.5 Å². The summed E-state index contributed by atoms with van der Waals surface area (Å²) < 4.78 is 4.79. The maximum Gasteiger partial charge on any atom is 0.338 e. The van der Waals surface area contributed by atoms with Crippen LogP contribution in [0.5, 0.6) is 0 Å². The van der Waals surface area contributed by atoms with Crippen LogP contribution >= 0.6 is 0 Å². The summed E-state index contributed by atoms with van der Waals surface area (Å²) in [5.74, 6) is -1.48. The Morgan fingerprint density at radius 1 is 1.00 bits per heavy atom. The van der Waals surface area contributed by atoms with Crippen LogP contribution in [0.1, 0.15) is 28.9 Å². The molecule has 22 heavy (non-hydrogen) atoms. The third kappa shape index (κ3) is 5.76. The number of ether oxygens (including phenoxy) is 1. The van der Waals surface area contributed by atoms with Crippen LogP contribution in [0.25, 0.3) is 0 Å². The molecule has 0 saturated heterocycles. The van der Waals surface area contributed by atoms with Crippen molar-refractivity contribution in [2.75, 3.05) is 6.61 Å². The van der Waals surface area contributed by atoms with Gasteiger partial charge in [-0.2, -0.15) is 0 Å². The molecule has 1 atom stereocenters. The Hall–Kier alpha value is -2.66. The average molecular weight is 302 g/mol. The molecule has 0 saturated carbocycles. The van der Waals surface area contributed by atoms with Gasteiger partial charge in [0.1, 0.15) is 0 Å². The lowest BCUT2D eigenvalue weighted by Gasteiger charge is -2.03. The lowest BCUT2D eigenvalue weighted by Crippen LogP contribution is -2.09. The van der Waals surface area contributed by atoms with E-state index in [1.165, 1.54) is 0 Å². The van der Waals surface area contributed by atoms with Crippen molar-refractivity contribution < 1.29 is 24.5 Å². The topological polar surface area (TPSA) is 83.8 Å². The average Bonchev–Trinajstić information content (AvgIpc) is 2.56. The van der Waals surface area contributed by atoms with Gasteiger partial charge in [0.2, 0.25) is 0 Å². The number of hydrogen-bond donors (Lipinski definition) is 2. The number of aliphatic hydroxyl groups excluding tert-OH is 1. The second-order valence-electron chi connectivity index (χ2n) is 4.24. The maximum absolute atomic E-state index is 11.0. The molecule has 0 fully saturated rings. The summed E-state index contributed by atoms with van der Waals surface area (Å²) in [6.07, 6.45) is -1.41. The smallest absolute Gasteiger partial charge is 0.338 e. The molecule has 0 spiro atoms. The molecule has 0 aliphatic carbocycles. The SMILES string of the molecule is CCOC(=O)c1ccccc1.O=C(O)C(O)c1ccccc1. The summed E-state index contributed by atoms with van der Waals surface area (Å²) in [6.45, 7) is 2.22. The van der Waals surface area contributed by atoms with E-state index in [9.17, 15) is 9.59 Å². The summed E-state index contributed by atoms with van der Waals surface area (Å²) in [4.78, 5) is 21.3. The van der Waals surface area contributed by atoms with Crippen LogP contribution in [0.4, 0.5) is 0 Å². The molecule has 0 aliphatic rings. The number of carbonyl (C=O) groups excluding carboxylic acids is 1. The Morgan fingerprint density at radius 3 is 1.95 bits per heavy atom. The minimum Gasteiger partial charge on any atom is -0.479 e. The molecule has 5 nitrogen and oxygen atoms in total. The zero-order chi connectivity index (χ0) is 16.4. The predicted octanol–water partition coefficient (Wildman–Crippen LogP) is 2.67.